The molecular formula is C14H22BrF3N2OSi. The van der Waals surface area contributed by atoms with Gasteiger partial charge in [0.15, 0.2) is 0 Å². The molecule has 1 aromatic rings. The quantitative estimate of drug-likeness (QED) is 0.547. The number of nitrogens with two attached hydrogens (primary N) is 1. The molecule has 0 unspecified atom stereocenters. The Morgan fingerprint density at radius 1 is 1.32 bits per heavy atom. The van der Waals surface area contributed by atoms with Gasteiger partial charge < -0.3 is 10.8 Å². The first-order valence-corrected chi connectivity index (χ1v) is 10.7. The molecule has 0 saturated carbocycles. The number of hydrogen-bond donors (Lipinski definition) is 2. The molecule has 0 amide bonds. The van der Waals surface area contributed by atoms with Crippen LogP contribution in [0.4, 0.5) is 13.2 Å². The lowest BCUT2D eigenvalue weighted by Gasteiger charge is -2.32. The Balaban J connectivity index is 3.66. The summed E-state index contributed by atoms with van der Waals surface area (Å²) in [7, 11) is -2.15. The van der Waals surface area contributed by atoms with Crippen molar-refractivity contribution in [2.45, 2.75) is 50.9 Å². The van der Waals surface area contributed by atoms with Crippen LogP contribution in [-0.2, 0) is 5.54 Å². The molecule has 0 aliphatic carbocycles. The molecule has 3 N–H and O–H groups in total. The molecule has 126 valence electrons. The fourth-order valence-electron chi connectivity index (χ4n) is 2.76. The third kappa shape index (κ3) is 3.24. The second kappa shape index (κ2) is 7.42. The number of aliphatic hydroxyl groups excluding tert-OH is 1. The smallest absolute Gasteiger partial charge is 0.264 e. The molecule has 22 heavy (non-hydrogen) atoms. The predicted octanol–water partition coefficient (Wildman–Crippen LogP) is 3.11. The van der Waals surface area contributed by atoms with Crippen LogP contribution in [0.3, 0.4) is 0 Å². The molecule has 0 saturated heterocycles. The molecule has 0 radical (unpaired) electrons. The third-order valence-corrected chi connectivity index (χ3v) is 10.6. The van der Waals surface area contributed by atoms with Crippen LogP contribution in [0, 0.1) is 5.82 Å². The van der Waals surface area contributed by atoms with Gasteiger partial charge in [-0.2, -0.15) is 0 Å². The second-order valence-electron chi connectivity index (χ2n) is 5.50. The van der Waals surface area contributed by atoms with Gasteiger partial charge in [0.2, 0.25) is 0 Å². The van der Waals surface area contributed by atoms with Gasteiger partial charge in [0.05, 0.1) is 14.7 Å². The molecule has 0 fully saturated rings. The summed E-state index contributed by atoms with van der Waals surface area (Å²) < 4.78 is 41.8. The normalized spacial score (nSPS) is 15.2. The van der Waals surface area contributed by atoms with Crippen molar-refractivity contribution in [3.63, 3.8) is 0 Å². The number of alkyl halides is 2. The van der Waals surface area contributed by atoms with Crippen LogP contribution in [-0.4, -0.2) is 31.2 Å². The molecule has 1 aromatic heterocycles. The van der Waals surface area contributed by atoms with Crippen LogP contribution in [0.5, 0.6) is 0 Å². The molecule has 8 heteroatoms. The standard InChI is InChI=1S/C14H22BrF3N2OSi/c1-4-22(5-2,6-3)9-7-10(15)20-12(11(9)16)14(19,8-21)13(17)18/h7,13,21H,4-6,8,19H2,1-3H3/t14-/m0/s1. The Bertz CT molecular complexity index is 491. The van der Waals surface area contributed by atoms with Crippen molar-refractivity contribution in [3.05, 3.63) is 22.2 Å². The summed E-state index contributed by atoms with van der Waals surface area (Å²) in [6, 6.07) is 3.94. The van der Waals surface area contributed by atoms with E-state index in [0.29, 0.717) is 5.19 Å². The van der Waals surface area contributed by atoms with E-state index in [4.69, 9.17) is 5.73 Å². The van der Waals surface area contributed by atoms with Crippen LogP contribution in [0.15, 0.2) is 10.7 Å². The van der Waals surface area contributed by atoms with Gasteiger partial charge in [-0.3, -0.25) is 0 Å². The molecule has 1 atom stereocenters. The van der Waals surface area contributed by atoms with Crippen LogP contribution in [0.25, 0.3) is 0 Å². The van der Waals surface area contributed by atoms with E-state index in [0.717, 1.165) is 18.1 Å². The summed E-state index contributed by atoms with van der Waals surface area (Å²) in [6.07, 6.45) is -3.12. The first kappa shape index (κ1) is 19.6. The first-order chi connectivity index (χ1) is 10.2. The topological polar surface area (TPSA) is 59.1 Å². The van der Waals surface area contributed by atoms with Crippen LogP contribution in [0.1, 0.15) is 26.5 Å². The lowest BCUT2D eigenvalue weighted by Crippen LogP contribution is -2.53. The Kier molecular flexibility index (Phi) is 6.61. The van der Waals surface area contributed by atoms with Crippen LogP contribution >= 0.6 is 15.9 Å². The number of rotatable bonds is 7. The fourth-order valence-corrected chi connectivity index (χ4v) is 7.05. The first-order valence-electron chi connectivity index (χ1n) is 7.27. The van der Waals surface area contributed by atoms with E-state index in [9.17, 15) is 18.3 Å². The number of pyridine rings is 1. The maximum absolute atomic E-state index is 15.0. The Morgan fingerprint density at radius 3 is 2.18 bits per heavy atom. The summed E-state index contributed by atoms with van der Waals surface area (Å²) in [4.78, 5) is 3.81. The highest BCUT2D eigenvalue weighted by Crippen LogP contribution is 2.30. The highest BCUT2D eigenvalue weighted by molar-refractivity contribution is 9.10. The highest BCUT2D eigenvalue weighted by Gasteiger charge is 2.44. The SMILES string of the molecule is CC[Si](CC)(CC)c1cc(Br)nc([C@@](N)(CO)C(F)F)c1F. The van der Waals surface area contributed by atoms with E-state index in [1.165, 1.54) is 0 Å². The number of aliphatic hydroxyl groups is 1. The van der Waals surface area contributed by atoms with E-state index in [1.807, 2.05) is 20.8 Å². The number of aromatic nitrogens is 1. The van der Waals surface area contributed by atoms with Crippen LogP contribution in [0.2, 0.25) is 18.1 Å². The fraction of sp³-hybridized carbons (Fsp3) is 0.643. The molecule has 0 aromatic carbocycles. The number of halogens is 4. The van der Waals surface area contributed by atoms with Gasteiger partial charge in [0, 0.05) is 0 Å². The van der Waals surface area contributed by atoms with Gasteiger partial charge in [-0.1, -0.05) is 38.9 Å². The highest BCUT2D eigenvalue weighted by atomic mass is 79.9. The molecule has 0 aliphatic heterocycles. The minimum absolute atomic E-state index is 0.259. The van der Waals surface area contributed by atoms with Gasteiger partial charge >= 0.3 is 0 Å². The summed E-state index contributed by atoms with van der Waals surface area (Å²) in [5, 5.41) is 9.72. The van der Waals surface area contributed by atoms with Gasteiger partial charge in [-0.25, -0.2) is 18.2 Å². The maximum Gasteiger partial charge on any atom is 0.264 e. The van der Waals surface area contributed by atoms with E-state index in [-0.39, 0.29) is 4.60 Å². The average Bonchev–Trinajstić information content (AvgIpc) is 2.51. The summed E-state index contributed by atoms with van der Waals surface area (Å²) in [6.45, 7) is 4.88. The Hall–Kier alpha value is -0.443. The van der Waals surface area contributed by atoms with Crippen molar-refractivity contribution < 1.29 is 18.3 Å². The zero-order valence-electron chi connectivity index (χ0n) is 13.0. The molecule has 3 nitrogen and oxygen atoms in total. The Labute approximate surface area is 138 Å². The third-order valence-electron chi connectivity index (χ3n) is 4.62. The molecular weight excluding hydrogens is 377 g/mol. The van der Waals surface area contributed by atoms with Gasteiger partial charge in [0.25, 0.3) is 6.43 Å². The van der Waals surface area contributed by atoms with E-state index >= 15 is 0 Å². The van der Waals surface area contributed by atoms with E-state index in [1.54, 1.807) is 6.07 Å². The average molecular weight is 399 g/mol. The van der Waals surface area contributed by atoms with Crippen LogP contribution < -0.4 is 10.9 Å². The maximum atomic E-state index is 15.0. The minimum atomic E-state index is -3.12. The predicted molar refractivity (Wildman–Crippen MR) is 87.7 cm³/mol. The molecule has 1 rings (SSSR count). The van der Waals surface area contributed by atoms with Crippen molar-refractivity contribution in [1.29, 1.82) is 0 Å². The Morgan fingerprint density at radius 2 is 1.82 bits per heavy atom. The molecule has 0 aliphatic rings. The summed E-state index contributed by atoms with van der Waals surface area (Å²) in [5.41, 5.74) is 2.49. The van der Waals surface area contributed by atoms with Crippen molar-refractivity contribution in [2.75, 3.05) is 6.61 Å². The van der Waals surface area contributed by atoms with E-state index < -0.39 is 38.2 Å². The zero-order chi connectivity index (χ0) is 17.1. The number of nitrogens with zero attached hydrogens (tertiary/aromatic N) is 1. The molecule has 0 bridgehead atoms. The van der Waals surface area contributed by atoms with E-state index in [2.05, 4.69) is 20.9 Å². The second-order valence-corrected chi connectivity index (χ2v) is 11.5. The lowest BCUT2D eigenvalue weighted by atomic mass is 9.97. The van der Waals surface area contributed by atoms with Crippen molar-refractivity contribution in [1.82, 2.24) is 4.98 Å². The largest absolute Gasteiger partial charge is 0.394 e. The molecule has 0 spiro atoms. The van der Waals surface area contributed by atoms with Crippen molar-refractivity contribution in [3.8, 4) is 0 Å². The number of hydrogen-bond acceptors (Lipinski definition) is 3. The van der Waals surface area contributed by atoms with Gasteiger partial charge in [-0.05, 0) is 27.2 Å². The molecule has 1 heterocycles. The van der Waals surface area contributed by atoms with Crippen molar-refractivity contribution >= 4 is 29.2 Å². The van der Waals surface area contributed by atoms with Crippen molar-refractivity contribution in [2.24, 2.45) is 5.73 Å². The monoisotopic (exact) mass is 398 g/mol. The zero-order valence-corrected chi connectivity index (χ0v) is 15.6. The summed E-state index contributed by atoms with van der Waals surface area (Å²) in [5.74, 6) is -0.794. The summed E-state index contributed by atoms with van der Waals surface area (Å²) >= 11 is 3.16. The lowest BCUT2D eigenvalue weighted by molar-refractivity contribution is 0.0109. The van der Waals surface area contributed by atoms with Gasteiger partial charge in [-0.15, -0.1) is 0 Å². The van der Waals surface area contributed by atoms with Gasteiger partial charge in [0.1, 0.15) is 21.7 Å². The minimum Gasteiger partial charge on any atom is -0.394 e.